The molecule has 0 N–H and O–H groups in total. The van der Waals surface area contributed by atoms with Crippen molar-refractivity contribution in [2.45, 2.75) is 60.7 Å². The lowest BCUT2D eigenvalue weighted by molar-refractivity contribution is 0.0882. The molecule has 0 aliphatic carbocycles. The van der Waals surface area contributed by atoms with Crippen LogP contribution in [0.25, 0.3) is 0 Å². The van der Waals surface area contributed by atoms with Crippen LogP contribution in [-0.4, -0.2) is 30.3 Å². The minimum absolute atomic E-state index is 0.0760. The Morgan fingerprint density at radius 3 is 2.05 bits per heavy atom. The maximum Gasteiger partial charge on any atom is 0.167 e. The summed E-state index contributed by atoms with van der Waals surface area (Å²) >= 11 is 0. The predicted molar refractivity (Wildman–Crippen MR) is 93.9 cm³/mol. The first-order valence-electron chi connectivity index (χ1n) is 9.93. The van der Waals surface area contributed by atoms with Crippen molar-refractivity contribution in [3.63, 3.8) is 0 Å². The number of hydrogen-bond donors (Lipinski definition) is 0. The van der Waals surface area contributed by atoms with E-state index in [9.17, 15) is 4.79 Å². The number of rotatable bonds is 4. The van der Waals surface area contributed by atoms with Crippen LogP contribution in [0.3, 0.4) is 0 Å². The number of nitrogens with zero attached hydrogens (tertiary/aromatic N) is 1. The molecule has 2 rings (SSSR count). The Morgan fingerprint density at radius 2 is 1.55 bits per heavy atom. The number of Topliss-reactive ketones (excluding diaryl/α,β-unsaturated/α-hetero) is 1. The molecule has 0 spiro atoms. The molecule has 1 aliphatic heterocycles. The number of carbonyl (C=O) groups excluding carboxylic acids is 1. The molecule has 0 saturated carbocycles. The summed E-state index contributed by atoms with van der Waals surface area (Å²) in [5, 5.41) is 0. The molecule has 122 valence electrons. The lowest BCUT2D eigenvalue weighted by atomic mass is 9.84. The first-order chi connectivity index (χ1) is 11.6. The number of ketones is 1. The summed E-state index contributed by atoms with van der Waals surface area (Å²) in [4.78, 5) is 15.5. The second kappa shape index (κ2) is 6.95. The van der Waals surface area contributed by atoms with Gasteiger partial charge in [-0.05, 0) is 88.3 Å². The second-order valence-electron chi connectivity index (χ2n) is 6.88. The van der Waals surface area contributed by atoms with Gasteiger partial charge in [-0.3, -0.25) is 4.79 Å². The molecule has 22 heavy (non-hydrogen) atoms. The Bertz CT molecular complexity index is 629. The molecule has 1 aliphatic rings. The standard InChI is InChI=1S/C20H31NO/c1-13(12-21-10-8-7-9-11-21)20(22)19-17(5)15(3)14(2)16(4)18(19)6/h13H,7-12H2,1-6H3/i2D3. The molecular weight excluding hydrogens is 270 g/mol. The second-order valence-corrected chi connectivity index (χ2v) is 6.88. The normalized spacial score (nSPS) is 20.1. The Hall–Kier alpha value is -1.15. The van der Waals surface area contributed by atoms with Crippen LogP contribution in [0.15, 0.2) is 0 Å². The van der Waals surface area contributed by atoms with Gasteiger partial charge in [-0.15, -0.1) is 0 Å². The van der Waals surface area contributed by atoms with Crippen molar-refractivity contribution < 1.29 is 8.91 Å². The first kappa shape index (κ1) is 13.3. The number of piperidine rings is 1. The molecule has 2 nitrogen and oxygen atoms in total. The topological polar surface area (TPSA) is 20.3 Å². The molecule has 1 aromatic rings. The van der Waals surface area contributed by atoms with Gasteiger partial charge in [0.1, 0.15) is 0 Å². The maximum absolute atomic E-state index is 13.2. The Balaban J connectivity index is 2.36. The zero-order valence-electron chi connectivity index (χ0n) is 17.7. The Morgan fingerprint density at radius 1 is 1.00 bits per heavy atom. The number of likely N-dealkylation sites (tertiary alicyclic amines) is 1. The van der Waals surface area contributed by atoms with Crippen molar-refractivity contribution in [2.75, 3.05) is 19.6 Å². The van der Waals surface area contributed by atoms with Gasteiger partial charge in [0.25, 0.3) is 0 Å². The molecule has 1 saturated heterocycles. The van der Waals surface area contributed by atoms with Crippen LogP contribution in [0.5, 0.6) is 0 Å². The highest BCUT2D eigenvalue weighted by molar-refractivity contribution is 6.01. The van der Waals surface area contributed by atoms with Crippen LogP contribution in [0, 0.1) is 40.5 Å². The minimum Gasteiger partial charge on any atom is -0.303 e. The summed E-state index contributed by atoms with van der Waals surface area (Å²) in [6.07, 6.45) is 3.71. The van der Waals surface area contributed by atoms with E-state index in [1.807, 2.05) is 34.6 Å². The molecule has 0 aromatic heterocycles. The highest BCUT2D eigenvalue weighted by Crippen LogP contribution is 2.28. The molecule has 0 bridgehead atoms. The number of carbonyl (C=O) groups is 1. The van der Waals surface area contributed by atoms with Crippen LogP contribution in [0.4, 0.5) is 0 Å². The van der Waals surface area contributed by atoms with Crippen LogP contribution >= 0.6 is 0 Å². The SMILES string of the molecule is [2H]C([2H])([2H])c1c(C)c(C)c(C(=O)C(C)CN2CCCCC2)c(C)c1C. The first-order valence-corrected chi connectivity index (χ1v) is 8.43. The average molecular weight is 304 g/mol. The van der Waals surface area contributed by atoms with Gasteiger partial charge < -0.3 is 4.90 Å². The van der Waals surface area contributed by atoms with Gasteiger partial charge in [-0.1, -0.05) is 13.3 Å². The van der Waals surface area contributed by atoms with E-state index in [1.54, 1.807) is 0 Å². The molecule has 1 heterocycles. The third-order valence-electron chi connectivity index (χ3n) is 5.30. The minimum atomic E-state index is -2.15. The number of benzene rings is 1. The van der Waals surface area contributed by atoms with Crippen LogP contribution in [0.1, 0.15) is 68.5 Å². The maximum atomic E-state index is 13.2. The molecule has 0 radical (unpaired) electrons. The lowest BCUT2D eigenvalue weighted by Crippen LogP contribution is -2.36. The van der Waals surface area contributed by atoms with Gasteiger partial charge in [0, 0.05) is 22.1 Å². The summed E-state index contributed by atoms with van der Waals surface area (Å²) in [6.45, 7) is 10.2. The van der Waals surface area contributed by atoms with Gasteiger partial charge in [0.05, 0.1) is 0 Å². The Labute approximate surface area is 140 Å². The zero-order valence-corrected chi connectivity index (χ0v) is 14.7. The van der Waals surface area contributed by atoms with Crippen molar-refractivity contribution >= 4 is 5.78 Å². The van der Waals surface area contributed by atoms with Crippen LogP contribution < -0.4 is 0 Å². The summed E-state index contributed by atoms with van der Waals surface area (Å²) in [5.74, 6) is 0.0665. The lowest BCUT2D eigenvalue weighted by Gasteiger charge is -2.29. The largest absolute Gasteiger partial charge is 0.303 e. The fourth-order valence-electron chi connectivity index (χ4n) is 3.54. The molecule has 1 atom stereocenters. The van der Waals surface area contributed by atoms with Gasteiger partial charge >= 0.3 is 0 Å². The van der Waals surface area contributed by atoms with E-state index in [0.717, 1.165) is 47.5 Å². The zero-order chi connectivity index (χ0) is 18.9. The van der Waals surface area contributed by atoms with E-state index in [4.69, 9.17) is 4.11 Å². The van der Waals surface area contributed by atoms with E-state index in [1.165, 1.54) is 19.3 Å². The van der Waals surface area contributed by atoms with Crippen molar-refractivity contribution in [2.24, 2.45) is 5.92 Å². The summed E-state index contributed by atoms with van der Waals surface area (Å²) in [5.41, 5.74) is 4.25. The van der Waals surface area contributed by atoms with E-state index >= 15 is 0 Å². The highest BCUT2D eigenvalue weighted by atomic mass is 16.1. The molecule has 1 unspecified atom stereocenters. The van der Waals surface area contributed by atoms with Gasteiger partial charge in [-0.25, -0.2) is 0 Å². The van der Waals surface area contributed by atoms with E-state index < -0.39 is 6.85 Å². The van der Waals surface area contributed by atoms with Crippen molar-refractivity contribution in [3.8, 4) is 0 Å². The monoisotopic (exact) mass is 304 g/mol. The fourth-order valence-corrected chi connectivity index (χ4v) is 3.54. The van der Waals surface area contributed by atoms with Gasteiger partial charge in [0.15, 0.2) is 5.78 Å². The van der Waals surface area contributed by atoms with Crippen molar-refractivity contribution in [3.05, 3.63) is 33.4 Å². The fraction of sp³-hybridized carbons (Fsp3) is 0.650. The third-order valence-corrected chi connectivity index (χ3v) is 5.30. The average Bonchev–Trinajstić information content (AvgIpc) is 2.53. The highest BCUT2D eigenvalue weighted by Gasteiger charge is 2.24. The molecular formula is C20H31NO. The molecule has 2 heteroatoms. The van der Waals surface area contributed by atoms with Crippen molar-refractivity contribution in [1.82, 2.24) is 4.90 Å². The molecule has 1 fully saturated rings. The van der Waals surface area contributed by atoms with Crippen LogP contribution in [-0.2, 0) is 0 Å². The Kier molecular flexibility index (Phi) is 4.20. The smallest absolute Gasteiger partial charge is 0.167 e. The van der Waals surface area contributed by atoms with E-state index in [2.05, 4.69) is 4.90 Å². The quantitative estimate of drug-likeness (QED) is 0.762. The van der Waals surface area contributed by atoms with Crippen molar-refractivity contribution in [1.29, 1.82) is 0 Å². The summed E-state index contributed by atoms with van der Waals surface area (Å²) < 4.78 is 23.5. The van der Waals surface area contributed by atoms with Crippen LogP contribution in [0.2, 0.25) is 0 Å². The summed E-state index contributed by atoms with van der Waals surface area (Å²) in [7, 11) is 0. The number of hydrogen-bond acceptors (Lipinski definition) is 2. The van der Waals surface area contributed by atoms with Gasteiger partial charge in [0.2, 0.25) is 0 Å². The molecule has 1 aromatic carbocycles. The molecule has 0 amide bonds. The summed E-state index contributed by atoms with van der Waals surface area (Å²) in [6, 6.07) is 0. The van der Waals surface area contributed by atoms with E-state index in [0.29, 0.717) is 5.56 Å². The predicted octanol–water partition coefficient (Wildman–Crippen LogP) is 4.53. The van der Waals surface area contributed by atoms with Gasteiger partial charge in [-0.2, -0.15) is 0 Å². The van der Waals surface area contributed by atoms with E-state index in [-0.39, 0.29) is 11.7 Å². The third kappa shape index (κ3) is 3.27.